The molecule has 0 saturated carbocycles. The van der Waals surface area contributed by atoms with Crippen LogP contribution in [0.15, 0.2) is 24.3 Å². The van der Waals surface area contributed by atoms with Crippen LogP contribution in [0.1, 0.15) is 18.9 Å². The van der Waals surface area contributed by atoms with Gasteiger partial charge in [0.15, 0.2) is 0 Å². The normalized spacial score (nSPS) is 19.2. The number of hydrogen-bond donors (Lipinski definition) is 1. The highest BCUT2D eigenvalue weighted by Gasteiger charge is 2.20. The average molecular weight is 236 g/mol. The molecule has 17 heavy (non-hydrogen) atoms. The maximum Gasteiger partial charge on any atom is 0.126 e. The summed E-state index contributed by atoms with van der Waals surface area (Å²) in [4.78, 5) is 2.48. The molecule has 2 rings (SSSR count). The summed E-state index contributed by atoms with van der Waals surface area (Å²) in [5.74, 6) is -0.0684. The SMILES string of the molecule is CCC(Cc1ccccc1F)N1CCNCC1. The van der Waals surface area contributed by atoms with E-state index in [0.717, 1.165) is 44.6 Å². The van der Waals surface area contributed by atoms with Crippen LogP contribution in [0, 0.1) is 5.82 Å². The zero-order chi connectivity index (χ0) is 12.1. The lowest BCUT2D eigenvalue weighted by atomic mass is 10.0. The first-order valence-corrected chi connectivity index (χ1v) is 6.49. The van der Waals surface area contributed by atoms with Crippen molar-refractivity contribution in [2.45, 2.75) is 25.8 Å². The second-order valence-corrected chi connectivity index (χ2v) is 4.64. The Hall–Kier alpha value is -0.930. The van der Waals surface area contributed by atoms with E-state index in [2.05, 4.69) is 17.1 Å². The molecule has 94 valence electrons. The van der Waals surface area contributed by atoms with Crippen molar-refractivity contribution in [2.24, 2.45) is 0 Å². The molecule has 1 heterocycles. The first-order chi connectivity index (χ1) is 8.31. The Morgan fingerprint density at radius 3 is 2.65 bits per heavy atom. The van der Waals surface area contributed by atoms with Crippen LogP contribution in [0.25, 0.3) is 0 Å². The molecule has 0 bridgehead atoms. The molecule has 1 N–H and O–H groups in total. The second kappa shape index (κ2) is 6.12. The van der Waals surface area contributed by atoms with Crippen molar-refractivity contribution >= 4 is 0 Å². The van der Waals surface area contributed by atoms with Crippen molar-refractivity contribution in [1.29, 1.82) is 0 Å². The van der Waals surface area contributed by atoms with Gasteiger partial charge in [0.2, 0.25) is 0 Å². The third-order valence-corrected chi connectivity index (χ3v) is 3.55. The van der Waals surface area contributed by atoms with Crippen LogP contribution in [0.3, 0.4) is 0 Å². The van der Waals surface area contributed by atoms with Gasteiger partial charge in [-0.25, -0.2) is 4.39 Å². The average Bonchev–Trinajstić information content (AvgIpc) is 2.39. The van der Waals surface area contributed by atoms with E-state index in [1.165, 1.54) is 0 Å². The van der Waals surface area contributed by atoms with Crippen LogP contribution >= 0.6 is 0 Å². The van der Waals surface area contributed by atoms with E-state index in [1.54, 1.807) is 12.1 Å². The molecule has 3 heteroatoms. The van der Waals surface area contributed by atoms with Gasteiger partial charge in [0.1, 0.15) is 5.82 Å². The molecule has 1 aromatic carbocycles. The third-order valence-electron chi connectivity index (χ3n) is 3.55. The van der Waals surface area contributed by atoms with Gasteiger partial charge < -0.3 is 5.32 Å². The molecule has 1 atom stereocenters. The van der Waals surface area contributed by atoms with E-state index in [-0.39, 0.29) is 5.82 Å². The molecule has 1 aromatic rings. The molecule has 0 spiro atoms. The fraction of sp³-hybridized carbons (Fsp3) is 0.571. The van der Waals surface area contributed by atoms with Gasteiger partial charge >= 0.3 is 0 Å². The monoisotopic (exact) mass is 236 g/mol. The van der Waals surface area contributed by atoms with Crippen LogP contribution in [0.5, 0.6) is 0 Å². The minimum absolute atomic E-state index is 0.0684. The lowest BCUT2D eigenvalue weighted by molar-refractivity contribution is 0.166. The number of halogens is 1. The zero-order valence-corrected chi connectivity index (χ0v) is 10.5. The molecule has 0 aromatic heterocycles. The Bertz CT molecular complexity index is 348. The molecule has 1 aliphatic heterocycles. The predicted molar refractivity (Wildman–Crippen MR) is 68.6 cm³/mol. The van der Waals surface area contributed by atoms with Gasteiger partial charge in [-0.3, -0.25) is 4.90 Å². The van der Waals surface area contributed by atoms with Gasteiger partial charge in [0.05, 0.1) is 0 Å². The number of nitrogens with zero attached hydrogens (tertiary/aromatic N) is 1. The Labute approximate surface area is 103 Å². The molecule has 0 amide bonds. The van der Waals surface area contributed by atoms with Crippen molar-refractivity contribution in [3.63, 3.8) is 0 Å². The molecule has 1 unspecified atom stereocenters. The van der Waals surface area contributed by atoms with Gasteiger partial charge in [-0.15, -0.1) is 0 Å². The summed E-state index contributed by atoms with van der Waals surface area (Å²) in [5, 5.41) is 3.35. The van der Waals surface area contributed by atoms with Gasteiger partial charge in [-0.2, -0.15) is 0 Å². The molecule has 1 aliphatic rings. The topological polar surface area (TPSA) is 15.3 Å². The summed E-state index contributed by atoms with van der Waals surface area (Å²) < 4.78 is 13.6. The van der Waals surface area contributed by atoms with Gasteiger partial charge in [0.25, 0.3) is 0 Å². The van der Waals surface area contributed by atoms with Crippen LogP contribution < -0.4 is 5.32 Å². The number of piperazine rings is 1. The number of hydrogen-bond acceptors (Lipinski definition) is 2. The zero-order valence-electron chi connectivity index (χ0n) is 10.5. The molecule has 0 aliphatic carbocycles. The lowest BCUT2D eigenvalue weighted by Gasteiger charge is -2.34. The smallest absolute Gasteiger partial charge is 0.126 e. The van der Waals surface area contributed by atoms with Gasteiger partial charge in [-0.1, -0.05) is 25.1 Å². The Morgan fingerprint density at radius 2 is 2.00 bits per heavy atom. The van der Waals surface area contributed by atoms with E-state index in [0.29, 0.717) is 6.04 Å². The summed E-state index contributed by atoms with van der Waals surface area (Å²) in [6, 6.07) is 7.60. The quantitative estimate of drug-likeness (QED) is 0.860. The molecule has 1 fully saturated rings. The van der Waals surface area contributed by atoms with Gasteiger partial charge in [-0.05, 0) is 24.5 Å². The van der Waals surface area contributed by atoms with Crippen LogP contribution in [0.4, 0.5) is 4.39 Å². The molecule has 0 radical (unpaired) electrons. The summed E-state index contributed by atoms with van der Waals surface area (Å²) >= 11 is 0. The van der Waals surface area contributed by atoms with E-state index in [1.807, 2.05) is 12.1 Å². The highest BCUT2D eigenvalue weighted by molar-refractivity contribution is 5.18. The highest BCUT2D eigenvalue weighted by atomic mass is 19.1. The summed E-state index contributed by atoms with van der Waals surface area (Å²) in [6.45, 7) is 6.44. The first kappa shape index (κ1) is 12.5. The van der Waals surface area contributed by atoms with E-state index in [9.17, 15) is 4.39 Å². The van der Waals surface area contributed by atoms with E-state index < -0.39 is 0 Å². The molecule has 1 saturated heterocycles. The van der Waals surface area contributed by atoms with Crippen LogP contribution in [0.2, 0.25) is 0 Å². The minimum atomic E-state index is -0.0684. The summed E-state index contributed by atoms with van der Waals surface area (Å²) in [5.41, 5.74) is 0.845. The standard InChI is InChI=1S/C14H21FN2/c1-2-13(17-9-7-16-8-10-17)11-12-5-3-4-6-14(12)15/h3-6,13,16H,2,7-11H2,1H3. The van der Waals surface area contributed by atoms with Gasteiger partial charge in [0, 0.05) is 32.2 Å². The maximum absolute atomic E-state index is 13.6. The Balaban J connectivity index is 2.01. The fourth-order valence-corrected chi connectivity index (χ4v) is 2.50. The van der Waals surface area contributed by atoms with Crippen molar-refractivity contribution in [3.05, 3.63) is 35.6 Å². The number of benzene rings is 1. The molecule has 2 nitrogen and oxygen atoms in total. The Kier molecular flexibility index (Phi) is 4.51. The van der Waals surface area contributed by atoms with Crippen molar-refractivity contribution < 1.29 is 4.39 Å². The van der Waals surface area contributed by atoms with Crippen LogP contribution in [-0.2, 0) is 6.42 Å². The van der Waals surface area contributed by atoms with Crippen molar-refractivity contribution in [1.82, 2.24) is 10.2 Å². The Morgan fingerprint density at radius 1 is 1.29 bits per heavy atom. The highest BCUT2D eigenvalue weighted by Crippen LogP contribution is 2.15. The van der Waals surface area contributed by atoms with Crippen molar-refractivity contribution in [3.8, 4) is 0 Å². The van der Waals surface area contributed by atoms with Crippen LogP contribution in [-0.4, -0.2) is 37.1 Å². The largest absolute Gasteiger partial charge is 0.314 e. The summed E-state index contributed by atoms with van der Waals surface area (Å²) in [7, 11) is 0. The summed E-state index contributed by atoms with van der Waals surface area (Å²) in [6.07, 6.45) is 1.90. The first-order valence-electron chi connectivity index (χ1n) is 6.49. The second-order valence-electron chi connectivity index (χ2n) is 4.64. The lowest BCUT2D eigenvalue weighted by Crippen LogP contribution is -2.49. The molecular weight excluding hydrogens is 215 g/mol. The number of rotatable bonds is 4. The van der Waals surface area contributed by atoms with Crippen molar-refractivity contribution in [2.75, 3.05) is 26.2 Å². The maximum atomic E-state index is 13.6. The van der Waals surface area contributed by atoms with E-state index in [4.69, 9.17) is 0 Å². The third kappa shape index (κ3) is 3.27. The molecular formula is C14H21FN2. The number of nitrogens with one attached hydrogen (secondary N) is 1. The predicted octanol–water partition coefficient (Wildman–Crippen LogP) is 2.05. The van der Waals surface area contributed by atoms with E-state index >= 15 is 0 Å². The minimum Gasteiger partial charge on any atom is -0.314 e. The fourth-order valence-electron chi connectivity index (χ4n) is 2.50.